The first kappa shape index (κ1) is 10.9. The Hall–Kier alpha value is -2.23. The first-order chi connectivity index (χ1) is 8.81. The van der Waals surface area contributed by atoms with Crippen LogP contribution < -0.4 is 0 Å². The lowest BCUT2D eigenvalue weighted by Gasteiger charge is -1.97. The van der Waals surface area contributed by atoms with Crippen LogP contribution in [0.25, 0.3) is 11.2 Å². The average molecular weight is 238 g/mol. The number of fused-ring (bicyclic) bond motifs is 1. The Morgan fingerprint density at radius 3 is 3.00 bits per heavy atom. The number of imidazole rings is 1. The van der Waals surface area contributed by atoms with Crippen LogP contribution in [0.5, 0.6) is 0 Å². The number of aryl methyl sites for hydroxylation is 3. The molecule has 3 aromatic heterocycles. The number of pyridine rings is 2. The minimum absolute atomic E-state index is 0.793. The van der Waals surface area contributed by atoms with Gasteiger partial charge in [-0.3, -0.25) is 4.98 Å². The Morgan fingerprint density at radius 2 is 2.17 bits per heavy atom. The summed E-state index contributed by atoms with van der Waals surface area (Å²) in [5.41, 5.74) is 4.17. The summed E-state index contributed by atoms with van der Waals surface area (Å²) in [6, 6.07) is 6.11. The van der Waals surface area contributed by atoms with Crippen molar-refractivity contribution in [3.8, 4) is 0 Å². The van der Waals surface area contributed by atoms with Gasteiger partial charge in [0.05, 0.1) is 5.52 Å². The van der Waals surface area contributed by atoms with Gasteiger partial charge in [-0.1, -0.05) is 6.07 Å². The minimum atomic E-state index is 0.793. The van der Waals surface area contributed by atoms with Crippen molar-refractivity contribution in [2.75, 3.05) is 0 Å². The summed E-state index contributed by atoms with van der Waals surface area (Å²) in [6.07, 6.45) is 7.34. The molecule has 0 amide bonds. The molecule has 3 aromatic rings. The lowest BCUT2D eigenvalue weighted by Crippen LogP contribution is -1.93. The highest BCUT2D eigenvalue weighted by atomic mass is 15.0. The fourth-order valence-corrected chi connectivity index (χ4v) is 1.98. The molecule has 0 radical (unpaired) electrons. The summed E-state index contributed by atoms with van der Waals surface area (Å²) in [6.45, 7) is 2.03. The van der Waals surface area contributed by atoms with Gasteiger partial charge in [-0.25, -0.2) is 9.97 Å². The quantitative estimate of drug-likeness (QED) is 0.762. The van der Waals surface area contributed by atoms with E-state index in [1.165, 1.54) is 5.56 Å². The molecule has 1 N–H and O–H groups in total. The lowest BCUT2D eigenvalue weighted by atomic mass is 10.1. The predicted molar refractivity (Wildman–Crippen MR) is 70.3 cm³/mol. The molecule has 0 saturated carbocycles. The smallest absolute Gasteiger partial charge is 0.177 e. The molecule has 0 saturated heterocycles. The third kappa shape index (κ3) is 2.22. The van der Waals surface area contributed by atoms with E-state index in [1.54, 1.807) is 6.20 Å². The Balaban J connectivity index is 1.79. The van der Waals surface area contributed by atoms with Crippen molar-refractivity contribution < 1.29 is 0 Å². The molecule has 0 aromatic carbocycles. The first-order valence-electron chi connectivity index (χ1n) is 6.01. The maximum Gasteiger partial charge on any atom is 0.177 e. The Morgan fingerprint density at radius 1 is 1.22 bits per heavy atom. The van der Waals surface area contributed by atoms with Crippen LogP contribution in [0.4, 0.5) is 0 Å². The standard InChI is InChI=1S/C14H14N4/c1-10-7-12-14(16-8-10)18-13(17-12)5-4-11-3-2-6-15-9-11/h2-3,6-9H,4-5H2,1H3,(H,16,17,18). The van der Waals surface area contributed by atoms with Gasteiger partial charge in [0.25, 0.3) is 0 Å². The second kappa shape index (κ2) is 4.56. The number of H-pyrrole nitrogens is 1. The van der Waals surface area contributed by atoms with Crippen LogP contribution in [-0.2, 0) is 12.8 Å². The molecule has 90 valence electrons. The van der Waals surface area contributed by atoms with Crippen LogP contribution in [0.2, 0.25) is 0 Å². The van der Waals surface area contributed by atoms with Gasteiger partial charge in [0, 0.05) is 25.0 Å². The average Bonchev–Trinajstić information content (AvgIpc) is 2.79. The maximum absolute atomic E-state index is 4.48. The van der Waals surface area contributed by atoms with Crippen molar-refractivity contribution >= 4 is 11.2 Å². The highest BCUT2D eigenvalue weighted by molar-refractivity contribution is 5.70. The number of hydrogen-bond donors (Lipinski definition) is 1. The minimum Gasteiger partial charge on any atom is -0.341 e. The molecule has 4 nitrogen and oxygen atoms in total. The number of aromatic amines is 1. The molecule has 0 atom stereocenters. The zero-order chi connectivity index (χ0) is 12.4. The molecule has 0 aliphatic rings. The van der Waals surface area contributed by atoms with Gasteiger partial charge in [-0.05, 0) is 36.6 Å². The Kier molecular flexibility index (Phi) is 2.76. The van der Waals surface area contributed by atoms with E-state index in [9.17, 15) is 0 Å². The van der Waals surface area contributed by atoms with E-state index in [2.05, 4.69) is 32.1 Å². The van der Waals surface area contributed by atoms with Crippen molar-refractivity contribution in [2.45, 2.75) is 19.8 Å². The van der Waals surface area contributed by atoms with Gasteiger partial charge < -0.3 is 4.98 Å². The fraction of sp³-hybridized carbons (Fsp3) is 0.214. The molecule has 18 heavy (non-hydrogen) atoms. The fourth-order valence-electron chi connectivity index (χ4n) is 1.98. The summed E-state index contributed by atoms with van der Waals surface area (Å²) in [5, 5.41) is 0. The lowest BCUT2D eigenvalue weighted by molar-refractivity contribution is 0.883. The Labute approximate surface area is 105 Å². The zero-order valence-electron chi connectivity index (χ0n) is 10.2. The van der Waals surface area contributed by atoms with Gasteiger partial charge in [0.15, 0.2) is 5.65 Å². The van der Waals surface area contributed by atoms with Crippen LogP contribution in [0, 0.1) is 6.92 Å². The second-order valence-corrected chi connectivity index (χ2v) is 4.43. The summed E-state index contributed by atoms with van der Waals surface area (Å²) in [7, 11) is 0. The van der Waals surface area contributed by atoms with E-state index in [1.807, 2.05) is 25.4 Å². The molecule has 0 bridgehead atoms. The van der Waals surface area contributed by atoms with Crippen LogP contribution in [0.15, 0.2) is 36.8 Å². The maximum atomic E-state index is 4.48. The van der Waals surface area contributed by atoms with Crippen LogP contribution >= 0.6 is 0 Å². The molecular weight excluding hydrogens is 224 g/mol. The van der Waals surface area contributed by atoms with Gasteiger partial charge in [0.2, 0.25) is 0 Å². The molecule has 4 heteroatoms. The van der Waals surface area contributed by atoms with Gasteiger partial charge in [-0.15, -0.1) is 0 Å². The van der Waals surface area contributed by atoms with Crippen molar-refractivity contribution in [1.29, 1.82) is 0 Å². The number of nitrogens with one attached hydrogen (secondary N) is 1. The molecule has 3 rings (SSSR count). The number of nitrogens with zero attached hydrogens (tertiary/aromatic N) is 3. The third-order valence-electron chi connectivity index (χ3n) is 2.90. The molecule has 0 spiro atoms. The zero-order valence-corrected chi connectivity index (χ0v) is 10.2. The largest absolute Gasteiger partial charge is 0.341 e. The summed E-state index contributed by atoms with van der Waals surface area (Å²) in [5.74, 6) is 0.979. The summed E-state index contributed by atoms with van der Waals surface area (Å²) in [4.78, 5) is 16.2. The topological polar surface area (TPSA) is 54.5 Å². The van der Waals surface area contributed by atoms with E-state index in [0.29, 0.717) is 0 Å². The molecular formula is C14H14N4. The Bertz CT molecular complexity index is 658. The molecule has 0 fully saturated rings. The van der Waals surface area contributed by atoms with E-state index in [0.717, 1.165) is 35.4 Å². The normalized spacial score (nSPS) is 10.9. The van der Waals surface area contributed by atoms with Gasteiger partial charge in [0.1, 0.15) is 5.82 Å². The summed E-state index contributed by atoms with van der Waals surface area (Å²) < 4.78 is 0. The van der Waals surface area contributed by atoms with Gasteiger partial charge in [-0.2, -0.15) is 0 Å². The van der Waals surface area contributed by atoms with Crippen molar-refractivity contribution in [3.63, 3.8) is 0 Å². The highest BCUT2D eigenvalue weighted by Gasteiger charge is 2.04. The van der Waals surface area contributed by atoms with Crippen molar-refractivity contribution in [3.05, 3.63) is 53.7 Å². The van der Waals surface area contributed by atoms with Crippen LogP contribution in [0.1, 0.15) is 17.0 Å². The van der Waals surface area contributed by atoms with Gasteiger partial charge >= 0.3 is 0 Å². The van der Waals surface area contributed by atoms with Crippen molar-refractivity contribution in [2.24, 2.45) is 0 Å². The number of rotatable bonds is 3. The molecule has 3 heterocycles. The molecule has 0 unspecified atom stereocenters. The summed E-state index contributed by atoms with van der Waals surface area (Å²) >= 11 is 0. The first-order valence-corrected chi connectivity index (χ1v) is 6.01. The SMILES string of the molecule is Cc1cnc2nc(CCc3cccnc3)[nH]c2c1. The number of aromatic nitrogens is 4. The number of hydrogen-bond acceptors (Lipinski definition) is 3. The van der Waals surface area contributed by atoms with Crippen LogP contribution in [0.3, 0.4) is 0 Å². The highest BCUT2D eigenvalue weighted by Crippen LogP contribution is 2.11. The monoisotopic (exact) mass is 238 g/mol. The van der Waals surface area contributed by atoms with E-state index >= 15 is 0 Å². The van der Waals surface area contributed by atoms with Crippen molar-refractivity contribution in [1.82, 2.24) is 19.9 Å². The molecule has 0 aliphatic heterocycles. The second-order valence-electron chi connectivity index (χ2n) is 4.43. The molecule has 0 aliphatic carbocycles. The van der Waals surface area contributed by atoms with E-state index < -0.39 is 0 Å². The van der Waals surface area contributed by atoms with E-state index in [-0.39, 0.29) is 0 Å². The van der Waals surface area contributed by atoms with E-state index in [4.69, 9.17) is 0 Å². The predicted octanol–water partition coefficient (Wildman–Crippen LogP) is 2.45. The van der Waals surface area contributed by atoms with Crippen LogP contribution in [-0.4, -0.2) is 19.9 Å². The third-order valence-corrected chi connectivity index (χ3v) is 2.90.